The number of hydrogen-bond donors (Lipinski definition) is 2. The molecule has 0 spiro atoms. The molecule has 0 atom stereocenters. The minimum atomic E-state index is 0. The van der Waals surface area contributed by atoms with Crippen molar-refractivity contribution in [3.63, 3.8) is 0 Å². The monoisotopic (exact) mass is 405 g/mol. The zero-order valence-electron chi connectivity index (χ0n) is 13.3. The lowest BCUT2D eigenvalue weighted by Gasteiger charge is -2.12. The van der Waals surface area contributed by atoms with Gasteiger partial charge in [0.25, 0.3) is 0 Å². The van der Waals surface area contributed by atoms with Gasteiger partial charge < -0.3 is 15.4 Å². The van der Waals surface area contributed by atoms with E-state index in [9.17, 15) is 0 Å². The van der Waals surface area contributed by atoms with Crippen LogP contribution in [0.3, 0.4) is 0 Å². The summed E-state index contributed by atoms with van der Waals surface area (Å²) in [5.74, 6) is 1.43. The Kier molecular flexibility index (Phi) is 12.4. The maximum atomic E-state index is 5.54. The SMILES string of the molecule is CN=C(NCCCOCC(C)C)NCc1ccccc1.I. The van der Waals surface area contributed by atoms with Gasteiger partial charge in [-0.2, -0.15) is 0 Å². The average molecular weight is 405 g/mol. The van der Waals surface area contributed by atoms with E-state index in [1.165, 1.54) is 5.56 Å². The molecule has 0 saturated carbocycles. The van der Waals surface area contributed by atoms with Crippen LogP contribution in [0.1, 0.15) is 25.8 Å². The van der Waals surface area contributed by atoms with Crippen LogP contribution in [0.2, 0.25) is 0 Å². The summed E-state index contributed by atoms with van der Waals surface area (Å²) in [4.78, 5) is 4.20. The maximum Gasteiger partial charge on any atom is 0.191 e. The van der Waals surface area contributed by atoms with E-state index in [4.69, 9.17) is 4.74 Å². The summed E-state index contributed by atoms with van der Waals surface area (Å²) in [6, 6.07) is 10.3. The van der Waals surface area contributed by atoms with E-state index in [0.717, 1.165) is 38.7 Å². The van der Waals surface area contributed by atoms with Gasteiger partial charge in [0, 0.05) is 33.4 Å². The maximum absolute atomic E-state index is 5.54. The van der Waals surface area contributed by atoms with Crippen LogP contribution in [0.5, 0.6) is 0 Å². The summed E-state index contributed by atoms with van der Waals surface area (Å²) in [6.45, 7) is 7.60. The second-order valence-corrected chi connectivity index (χ2v) is 5.16. The van der Waals surface area contributed by atoms with E-state index >= 15 is 0 Å². The van der Waals surface area contributed by atoms with E-state index < -0.39 is 0 Å². The molecule has 120 valence electrons. The first-order chi connectivity index (χ1) is 9.72. The molecule has 0 heterocycles. The van der Waals surface area contributed by atoms with Crippen molar-refractivity contribution >= 4 is 29.9 Å². The number of benzene rings is 1. The van der Waals surface area contributed by atoms with Gasteiger partial charge in [0.1, 0.15) is 0 Å². The lowest BCUT2D eigenvalue weighted by molar-refractivity contribution is 0.108. The van der Waals surface area contributed by atoms with E-state index in [1.807, 2.05) is 18.2 Å². The Morgan fingerprint density at radius 1 is 1.19 bits per heavy atom. The lowest BCUT2D eigenvalue weighted by Crippen LogP contribution is -2.37. The molecule has 0 radical (unpaired) electrons. The molecule has 0 amide bonds. The summed E-state index contributed by atoms with van der Waals surface area (Å²) in [5, 5.41) is 6.58. The van der Waals surface area contributed by atoms with Crippen molar-refractivity contribution in [3.8, 4) is 0 Å². The van der Waals surface area contributed by atoms with Gasteiger partial charge in [-0.25, -0.2) is 0 Å². The summed E-state index contributed by atoms with van der Waals surface area (Å²) >= 11 is 0. The molecule has 0 aliphatic heterocycles. The molecule has 0 fully saturated rings. The molecule has 4 nitrogen and oxygen atoms in total. The molecule has 0 aromatic heterocycles. The van der Waals surface area contributed by atoms with Gasteiger partial charge in [-0.3, -0.25) is 4.99 Å². The summed E-state index contributed by atoms with van der Waals surface area (Å²) < 4.78 is 5.54. The van der Waals surface area contributed by atoms with Crippen molar-refractivity contribution < 1.29 is 4.74 Å². The van der Waals surface area contributed by atoms with Crippen LogP contribution >= 0.6 is 24.0 Å². The smallest absolute Gasteiger partial charge is 0.191 e. The van der Waals surface area contributed by atoms with Crippen LogP contribution in [-0.4, -0.2) is 32.8 Å². The highest BCUT2D eigenvalue weighted by Crippen LogP contribution is 1.97. The number of halogens is 1. The van der Waals surface area contributed by atoms with Crippen molar-refractivity contribution in [3.05, 3.63) is 35.9 Å². The number of hydrogen-bond acceptors (Lipinski definition) is 2. The standard InChI is InChI=1S/C16H27N3O.HI/c1-14(2)13-20-11-7-10-18-16(17-3)19-12-15-8-5-4-6-9-15;/h4-6,8-9,14H,7,10-13H2,1-3H3,(H2,17,18,19);1H. The van der Waals surface area contributed by atoms with Crippen LogP contribution in [0, 0.1) is 5.92 Å². The Morgan fingerprint density at radius 2 is 1.90 bits per heavy atom. The van der Waals surface area contributed by atoms with Gasteiger partial charge in [0.15, 0.2) is 5.96 Å². The van der Waals surface area contributed by atoms with Crippen LogP contribution in [0.25, 0.3) is 0 Å². The Balaban J connectivity index is 0.00000400. The first kappa shape index (κ1) is 20.2. The quantitative estimate of drug-likeness (QED) is 0.303. The number of ether oxygens (including phenoxy) is 1. The second kappa shape index (κ2) is 12.9. The van der Waals surface area contributed by atoms with Crippen molar-refractivity contribution in [2.45, 2.75) is 26.8 Å². The minimum Gasteiger partial charge on any atom is -0.381 e. The van der Waals surface area contributed by atoms with E-state index in [2.05, 4.69) is 41.6 Å². The molecule has 0 saturated heterocycles. The van der Waals surface area contributed by atoms with Gasteiger partial charge in [0.05, 0.1) is 0 Å². The third-order valence-corrected chi connectivity index (χ3v) is 2.74. The number of guanidine groups is 1. The van der Waals surface area contributed by atoms with Gasteiger partial charge in [0.2, 0.25) is 0 Å². The highest BCUT2D eigenvalue weighted by molar-refractivity contribution is 14.0. The van der Waals surface area contributed by atoms with Crippen LogP contribution < -0.4 is 10.6 Å². The average Bonchev–Trinajstić information content (AvgIpc) is 2.46. The Bertz CT molecular complexity index is 382. The molecular weight excluding hydrogens is 377 g/mol. The third kappa shape index (κ3) is 10.5. The fraction of sp³-hybridized carbons (Fsp3) is 0.562. The number of nitrogens with one attached hydrogen (secondary N) is 2. The highest BCUT2D eigenvalue weighted by atomic mass is 127. The molecule has 1 rings (SSSR count). The first-order valence-corrected chi connectivity index (χ1v) is 7.28. The molecule has 0 bridgehead atoms. The van der Waals surface area contributed by atoms with Crippen LogP contribution in [0.15, 0.2) is 35.3 Å². The third-order valence-electron chi connectivity index (χ3n) is 2.74. The van der Waals surface area contributed by atoms with Gasteiger partial charge in [-0.15, -0.1) is 24.0 Å². The van der Waals surface area contributed by atoms with Gasteiger partial charge >= 0.3 is 0 Å². The Labute approximate surface area is 145 Å². The number of nitrogens with zero attached hydrogens (tertiary/aromatic N) is 1. The van der Waals surface area contributed by atoms with Gasteiger partial charge in [-0.1, -0.05) is 44.2 Å². The highest BCUT2D eigenvalue weighted by Gasteiger charge is 1.98. The Morgan fingerprint density at radius 3 is 2.52 bits per heavy atom. The van der Waals surface area contributed by atoms with E-state index in [0.29, 0.717) is 5.92 Å². The fourth-order valence-electron chi connectivity index (χ4n) is 1.70. The molecule has 2 N–H and O–H groups in total. The molecule has 5 heteroatoms. The minimum absolute atomic E-state index is 0. The van der Waals surface area contributed by atoms with Gasteiger partial charge in [-0.05, 0) is 17.9 Å². The van der Waals surface area contributed by atoms with Crippen molar-refractivity contribution in [1.82, 2.24) is 10.6 Å². The molecule has 1 aromatic rings. The van der Waals surface area contributed by atoms with Crippen LogP contribution in [-0.2, 0) is 11.3 Å². The number of aliphatic imine (C=N–C) groups is 1. The first-order valence-electron chi connectivity index (χ1n) is 7.28. The summed E-state index contributed by atoms with van der Waals surface area (Å²) in [7, 11) is 1.79. The lowest BCUT2D eigenvalue weighted by atomic mass is 10.2. The fourth-order valence-corrected chi connectivity index (χ4v) is 1.70. The summed E-state index contributed by atoms with van der Waals surface area (Å²) in [5.41, 5.74) is 1.25. The summed E-state index contributed by atoms with van der Waals surface area (Å²) in [6.07, 6.45) is 0.985. The molecular formula is C16H28IN3O. The Hall–Kier alpha value is -0.820. The number of rotatable bonds is 8. The molecule has 0 aliphatic rings. The molecule has 0 unspecified atom stereocenters. The van der Waals surface area contributed by atoms with E-state index in [-0.39, 0.29) is 24.0 Å². The predicted octanol–water partition coefficient (Wildman–Crippen LogP) is 3.03. The van der Waals surface area contributed by atoms with E-state index in [1.54, 1.807) is 7.05 Å². The normalized spacial score (nSPS) is 11.1. The van der Waals surface area contributed by atoms with Crippen molar-refractivity contribution in [2.75, 3.05) is 26.8 Å². The molecule has 0 aliphatic carbocycles. The zero-order valence-corrected chi connectivity index (χ0v) is 15.6. The molecule has 21 heavy (non-hydrogen) atoms. The van der Waals surface area contributed by atoms with Crippen molar-refractivity contribution in [2.24, 2.45) is 10.9 Å². The second-order valence-electron chi connectivity index (χ2n) is 5.16. The van der Waals surface area contributed by atoms with Crippen LogP contribution in [0.4, 0.5) is 0 Å². The molecule has 1 aromatic carbocycles. The van der Waals surface area contributed by atoms with Crippen molar-refractivity contribution in [1.29, 1.82) is 0 Å². The topological polar surface area (TPSA) is 45.7 Å². The predicted molar refractivity (Wildman–Crippen MR) is 100 cm³/mol. The zero-order chi connectivity index (χ0) is 14.6. The largest absolute Gasteiger partial charge is 0.381 e.